The molecule has 0 radical (unpaired) electrons. The maximum absolute atomic E-state index is 13.2. The Morgan fingerprint density at radius 1 is 0.917 bits per heavy atom. The van der Waals surface area contributed by atoms with Crippen molar-refractivity contribution in [2.24, 2.45) is 5.73 Å². The first-order valence-electron chi connectivity index (χ1n) is 12.7. The SMILES string of the molecule is COc1cccc(O[C@H]2CCN(C(C)(C)CCC(C(N)=O)(c3ccccc3)c3ccccc3)C2)c1C. The van der Waals surface area contributed by atoms with E-state index in [1.54, 1.807) is 7.11 Å². The number of benzene rings is 3. The molecule has 1 fully saturated rings. The van der Waals surface area contributed by atoms with Crippen molar-refractivity contribution >= 4 is 5.91 Å². The summed E-state index contributed by atoms with van der Waals surface area (Å²) >= 11 is 0. The number of hydrogen-bond acceptors (Lipinski definition) is 4. The molecule has 1 atom stereocenters. The molecule has 190 valence electrons. The molecule has 0 bridgehead atoms. The lowest BCUT2D eigenvalue weighted by atomic mass is 9.69. The van der Waals surface area contributed by atoms with E-state index in [2.05, 4.69) is 18.7 Å². The number of carbonyl (C=O) groups excluding carboxylic acids is 1. The van der Waals surface area contributed by atoms with Gasteiger partial charge in [-0.1, -0.05) is 66.7 Å². The molecule has 0 unspecified atom stereocenters. The topological polar surface area (TPSA) is 64.8 Å². The van der Waals surface area contributed by atoms with Crippen LogP contribution >= 0.6 is 0 Å². The van der Waals surface area contributed by atoms with E-state index in [1.807, 2.05) is 85.8 Å². The monoisotopic (exact) mass is 486 g/mol. The molecule has 0 saturated carbocycles. The maximum Gasteiger partial charge on any atom is 0.232 e. The zero-order valence-electron chi connectivity index (χ0n) is 21.9. The van der Waals surface area contributed by atoms with Gasteiger partial charge in [0.15, 0.2) is 0 Å². The first-order valence-corrected chi connectivity index (χ1v) is 12.7. The van der Waals surface area contributed by atoms with Crippen LogP contribution in [0, 0.1) is 6.92 Å². The van der Waals surface area contributed by atoms with Crippen LogP contribution in [0.15, 0.2) is 78.9 Å². The summed E-state index contributed by atoms with van der Waals surface area (Å²) < 4.78 is 11.9. The zero-order valence-corrected chi connectivity index (χ0v) is 21.9. The largest absolute Gasteiger partial charge is 0.496 e. The minimum Gasteiger partial charge on any atom is -0.496 e. The molecular weight excluding hydrogens is 448 g/mol. The van der Waals surface area contributed by atoms with Crippen LogP contribution in [0.2, 0.25) is 0 Å². The third kappa shape index (κ3) is 5.12. The van der Waals surface area contributed by atoms with Gasteiger partial charge in [-0.05, 0) is 63.3 Å². The van der Waals surface area contributed by atoms with Crippen molar-refractivity contribution in [3.8, 4) is 11.5 Å². The number of nitrogens with zero attached hydrogens (tertiary/aromatic N) is 1. The van der Waals surface area contributed by atoms with Crippen molar-refractivity contribution in [3.05, 3.63) is 95.6 Å². The highest BCUT2D eigenvalue weighted by Gasteiger charge is 2.43. The highest BCUT2D eigenvalue weighted by atomic mass is 16.5. The molecule has 5 heteroatoms. The van der Waals surface area contributed by atoms with Gasteiger partial charge in [0.2, 0.25) is 5.91 Å². The Kier molecular flexibility index (Phi) is 7.70. The van der Waals surface area contributed by atoms with E-state index in [0.29, 0.717) is 6.42 Å². The molecule has 1 heterocycles. The first kappa shape index (κ1) is 25.8. The minimum atomic E-state index is -0.882. The van der Waals surface area contributed by atoms with Gasteiger partial charge in [-0.15, -0.1) is 0 Å². The van der Waals surface area contributed by atoms with E-state index < -0.39 is 5.41 Å². The number of primary amides is 1. The molecule has 2 N–H and O–H groups in total. The molecule has 36 heavy (non-hydrogen) atoms. The van der Waals surface area contributed by atoms with Crippen LogP contribution in [0.3, 0.4) is 0 Å². The predicted molar refractivity (Wildman–Crippen MR) is 145 cm³/mol. The summed E-state index contributed by atoms with van der Waals surface area (Å²) in [5.41, 5.74) is 8.07. The molecule has 3 aromatic carbocycles. The average Bonchev–Trinajstić information content (AvgIpc) is 3.36. The number of rotatable bonds is 10. The zero-order chi connectivity index (χ0) is 25.8. The van der Waals surface area contributed by atoms with Crippen LogP contribution in [0.1, 0.15) is 49.8 Å². The standard InChI is InChI=1S/C31H38N2O3/c1-23-27(35-4)16-11-17-28(23)36-26-18-21-33(22-26)30(2,3)19-20-31(29(32)34,24-12-7-5-8-13-24)25-14-9-6-10-15-25/h5-17,26H,18-22H2,1-4H3,(H2,32,34)/t26-/m0/s1. The van der Waals surface area contributed by atoms with Crippen molar-refractivity contribution in [2.45, 2.75) is 57.1 Å². The van der Waals surface area contributed by atoms with Crippen LogP contribution in [-0.2, 0) is 10.2 Å². The fourth-order valence-corrected chi connectivity index (χ4v) is 5.46. The van der Waals surface area contributed by atoms with E-state index in [9.17, 15) is 4.79 Å². The predicted octanol–water partition coefficient (Wildman–Crippen LogP) is 5.49. The minimum absolute atomic E-state index is 0.110. The Balaban J connectivity index is 1.52. The quantitative estimate of drug-likeness (QED) is 0.412. The van der Waals surface area contributed by atoms with Crippen molar-refractivity contribution in [1.29, 1.82) is 0 Å². The van der Waals surface area contributed by atoms with Crippen LogP contribution in [0.5, 0.6) is 11.5 Å². The number of amides is 1. The molecule has 5 nitrogen and oxygen atoms in total. The fraction of sp³-hybridized carbons (Fsp3) is 0.387. The van der Waals surface area contributed by atoms with E-state index in [-0.39, 0.29) is 17.6 Å². The number of nitrogens with two attached hydrogens (primary N) is 1. The summed E-state index contributed by atoms with van der Waals surface area (Å²) in [4.78, 5) is 15.7. The summed E-state index contributed by atoms with van der Waals surface area (Å²) in [7, 11) is 1.68. The van der Waals surface area contributed by atoms with Crippen molar-refractivity contribution in [1.82, 2.24) is 4.90 Å². The van der Waals surface area contributed by atoms with E-state index in [4.69, 9.17) is 15.2 Å². The Morgan fingerprint density at radius 2 is 1.50 bits per heavy atom. The lowest BCUT2D eigenvalue weighted by Crippen LogP contribution is -2.47. The van der Waals surface area contributed by atoms with E-state index in [0.717, 1.165) is 54.1 Å². The third-order valence-electron chi connectivity index (χ3n) is 7.81. The molecular formula is C31H38N2O3. The number of carbonyl (C=O) groups is 1. The van der Waals surface area contributed by atoms with Gasteiger partial charge in [0.05, 0.1) is 12.5 Å². The number of ether oxygens (including phenoxy) is 2. The summed E-state index contributed by atoms with van der Waals surface area (Å²) in [6, 6.07) is 25.8. The third-order valence-corrected chi connectivity index (χ3v) is 7.81. The Bertz CT molecular complexity index is 1120. The van der Waals surface area contributed by atoms with E-state index >= 15 is 0 Å². The van der Waals surface area contributed by atoms with Gasteiger partial charge in [-0.25, -0.2) is 0 Å². The molecule has 1 saturated heterocycles. The highest BCUT2D eigenvalue weighted by Crippen LogP contribution is 2.40. The van der Waals surface area contributed by atoms with Crippen molar-refractivity contribution < 1.29 is 14.3 Å². The summed E-state index contributed by atoms with van der Waals surface area (Å²) in [5.74, 6) is 1.40. The molecule has 1 amide bonds. The van der Waals surface area contributed by atoms with Crippen LogP contribution < -0.4 is 15.2 Å². The molecule has 0 spiro atoms. The molecule has 3 aromatic rings. The number of likely N-dealkylation sites (tertiary alicyclic amines) is 1. The van der Waals surface area contributed by atoms with Gasteiger partial charge >= 0.3 is 0 Å². The molecule has 0 aliphatic carbocycles. The van der Waals surface area contributed by atoms with Gasteiger partial charge in [0.1, 0.15) is 17.6 Å². The summed E-state index contributed by atoms with van der Waals surface area (Å²) in [6.45, 7) is 8.33. The number of hydrogen-bond donors (Lipinski definition) is 1. The van der Waals surface area contributed by atoms with Gasteiger partial charge < -0.3 is 15.2 Å². The second-order valence-corrected chi connectivity index (χ2v) is 10.4. The van der Waals surface area contributed by atoms with Crippen LogP contribution in [0.25, 0.3) is 0 Å². The second-order valence-electron chi connectivity index (χ2n) is 10.4. The summed E-state index contributed by atoms with van der Waals surface area (Å²) in [6.07, 6.45) is 2.50. The first-order chi connectivity index (χ1) is 17.3. The highest BCUT2D eigenvalue weighted by molar-refractivity contribution is 5.90. The van der Waals surface area contributed by atoms with Gasteiger partial charge in [-0.3, -0.25) is 9.69 Å². The van der Waals surface area contributed by atoms with Gasteiger partial charge in [0, 0.05) is 24.2 Å². The fourth-order valence-electron chi connectivity index (χ4n) is 5.46. The van der Waals surface area contributed by atoms with Gasteiger partial charge in [0.25, 0.3) is 0 Å². The van der Waals surface area contributed by atoms with Crippen molar-refractivity contribution in [2.75, 3.05) is 20.2 Å². The maximum atomic E-state index is 13.2. The normalized spacial score (nSPS) is 16.6. The lowest BCUT2D eigenvalue weighted by molar-refractivity contribution is -0.122. The lowest BCUT2D eigenvalue weighted by Gasteiger charge is -2.40. The van der Waals surface area contributed by atoms with Crippen LogP contribution in [-0.4, -0.2) is 42.6 Å². The molecule has 1 aliphatic rings. The average molecular weight is 487 g/mol. The Hall–Kier alpha value is -3.31. The molecule has 4 rings (SSSR count). The van der Waals surface area contributed by atoms with E-state index in [1.165, 1.54) is 0 Å². The van der Waals surface area contributed by atoms with Crippen molar-refractivity contribution in [3.63, 3.8) is 0 Å². The second kappa shape index (κ2) is 10.8. The Labute approximate surface area is 215 Å². The molecule has 1 aliphatic heterocycles. The number of methoxy groups -OCH3 is 1. The molecule has 0 aromatic heterocycles. The smallest absolute Gasteiger partial charge is 0.232 e. The van der Waals surface area contributed by atoms with Crippen LogP contribution in [0.4, 0.5) is 0 Å². The van der Waals surface area contributed by atoms with Gasteiger partial charge in [-0.2, -0.15) is 0 Å². The Morgan fingerprint density at radius 3 is 2.06 bits per heavy atom. The summed E-state index contributed by atoms with van der Waals surface area (Å²) in [5, 5.41) is 0.